The van der Waals surface area contributed by atoms with E-state index < -0.39 is 39.3 Å². The van der Waals surface area contributed by atoms with Gasteiger partial charge in [0, 0.05) is 11.9 Å². The molecule has 0 amide bonds. The van der Waals surface area contributed by atoms with E-state index in [9.17, 15) is 19.8 Å². The minimum atomic E-state index is -1.51. The van der Waals surface area contributed by atoms with E-state index in [1.165, 1.54) is 57.5 Å². The minimum Gasteiger partial charge on any atom is -0.550 e. The Labute approximate surface area is 308 Å². The molecule has 6 heteroatoms. The molecule has 4 nitrogen and oxygen atoms in total. The van der Waals surface area contributed by atoms with Crippen molar-refractivity contribution in [3.63, 3.8) is 0 Å². The number of carboxylic acid groups (broad SMARTS) is 2. The van der Waals surface area contributed by atoms with Crippen LogP contribution in [0.3, 0.4) is 0 Å². The Kier molecular flexibility index (Phi) is 12.5. The zero-order chi connectivity index (χ0) is 36.2. The summed E-state index contributed by atoms with van der Waals surface area (Å²) in [7, 11) is -3.03. The van der Waals surface area contributed by atoms with Gasteiger partial charge in [0.2, 0.25) is 0 Å². The van der Waals surface area contributed by atoms with Crippen molar-refractivity contribution in [2.45, 2.75) is 49.8 Å². The van der Waals surface area contributed by atoms with Crippen LogP contribution in [0, 0.1) is 0 Å². The van der Waals surface area contributed by atoms with E-state index >= 15 is 0 Å². The number of carboxylic acids is 2. The molecule has 2 fully saturated rings. The molecule has 0 spiro atoms. The molecular formula is C46H44O4P2. The number of benzene rings is 6. The molecule has 8 rings (SSSR count). The van der Waals surface area contributed by atoms with Crippen LogP contribution in [0.25, 0.3) is 0 Å². The maximum Gasteiger partial charge on any atom is 0.115 e. The Morgan fingerprint density at radius 1 is 0.365 bits per heavy atom. The van der Waals surface area contributed by atoms with Crippen LogP contribution in [0.15, 0.2) is 182 Å². The van der Waals surface area contributed by atoms with Crippen LogP contribution in [0.4, 0.5) is 0 Å². The number of carbonyl (C=O) groups is 2. The molecule has 0 bridgehead atoms. The largest absolute Gasteiger partial charge is 0.550 e. The molecule has 0 unspecified atom stereocenters. The van der Waals surface area contributed by atoms with Crippen LogP contribution < -0.4 is 42.0 Å². The van der Waals surface area contributed by atoms with Crippen molar-refractivity contribution < 1.29 is 19.8 Å². The predicted octanol–water partition coefficient (Wildman–Crippen LogP) is 5.55. The van der Waals surface area contributed by atoms with Gasteiger partial charge in [0.25, 0.3) is 0 Å². The van der Waals surface area contributed by atoms with Crippen LogP contribution >= 0.6 is 14.5 Å². The molecule has 262 valence electrons. The van der Waals surface area contributed by atoms with Gasteiger partial charge in [-0.05, 0) is 111 Å². The third kappa shape index (κ3) is 8.42. The van der Waals surface area contributed by atoms with Gasteiger partial charge in [0.05, 0.1) is 11.3 Å². The fourth-order valence-electron chi connectivity index (χ4n) is 7.27. The summed E-state index contributed by atoms with van der Waals surface area (Å²) in [5.74, 6) is -2.73. The molecule has 0 N–H and O–H groups in total. The van der Waals surface area contributed by atoms with Gasteiger partial charge >= 0.3 is 0 Å². The molecule has 0 aromatic heterocycles. The maximum atomic E-state index is 9.50. The van der Waals surface area contributed by atoms with Crippen molar-refractivity contribution in [3.8, 4) is 0 Å². The zero-order valence-electron chi connectivity index (χ0n) is 29.2. The van der Waals surface area contributed by atoms with Crippen molar-refractivity contribution in [2.24, 2.45) is 0 Å². The Morgan fingerprint density at radius 3 is 0.673 bits per heavy atom. The van der Waals surface area contributed by atoms with Crippen LogP contribution in [0.2, 0.25) is 0 Å². The Hall–Kier alpha value is -4.88. The second-order valence-electron chi connectivity index (χ2n) is 13.2. The van der Waals surface area contributed by atoms with Crippen LogP contribution in [0.5, 0.6) is 0 Å². The van der Waals surface area contributed by atoms with Gasteiger partial charge in [-0.15, -0.1) is 0 Å². The summed E-state index contributed by atoms with van der Waals surface area (Å²) in [4.78, 5) is 19.0. The molecule has 52 heavy (non-hydrogen) atoms. The molecule has 0 radical (unpaired) electrons. The van der Waals surface area contributed by atoms with Crippen molar-refractivity contribution in [1.29, 1.82) is 0 Å². The number of rotatable bonds is 11. The van der Waals surface area contributed by atoms with Gasteiger partial charge in [0.1, 0.15) is 46.4 Å². The van der Waals surface area contributed by atoms with Gasteiger partial charge in [-0.3, -0.25) is 0 Å². The first-order chi connectivity index (χ1) is 25.5. The SMILES string of the molecule is O=C([O-])CCC(=O)[O-].c1ccc([P+](c2ccccc2)(c2ccccc2)C2CC2)cc1.c1ccc([P+](c2ccccc2)(c2ccccc2)C2CC2)cc1. The molecule has 0 saturated heterocycles. The van der Waals surface area contributed by atoms with E-state index in [0.717, 1.165) is 11.3 Å². The second kappa shape index (κ2) is 17.6. The highest BCUT2D eigenvalue weighted by Gasteiger charge is 2.58. The number of carbonyl (C=O) groups excluding carboxylic acids is 2. The molecule has 2 saturated carbocycles. The molecule has 2 aliphatic carbocycles. The van der Waals surface area contributed by atoms with Gasteiger partial charge < -0.3 is 19.8 Å². The summed E-state index contributed by atoms with van der Waals surface area (Å²) in [6.45, 7) is 0. The van der Waals surface area contributed by atoms with E-state index in [4.69, 9.17) is 0 Å². The first-order valence-electron chi connectivity index (χ1n) is 18.0. The lowest BCUT2D eigenvalue weighted by Gasteiger charge is -2.27. The summed E-state index contributed by atoms with van der Waals surface area (Å²) in [5.41, 5.74) is 1.61. The third-order valence-corrected chi connectivity index (χ3v) is 19.6. The average molecular weight is 723 g/mol. The van der Waals surface area contributed by atoms with E-state index in [1.807, 2.05) is 0 Å². The van der Waals surface area contributed by atoms with Gasteiger partial charge in [-0.1, -0.05) is 109 Å². The summed E-state index contributed by atoms with van der Waals surface area (Å²) in [5, 5.41) is 28.1. The average Bonchev–Trinajstić information content (AvgIpc) is 4.15. The molecule has 6 aromatic carbocycles. The quantitative estimate of drug-likeness (QED) is 0.164. The molecule has 0 atom stereocenters. The fourth-order valence-corrected chi connectivity index (χ4v) is 17.3. The van der Waals surface area contributed by atoms with E-state index in [-0.39, 0.29) is 0 Å². The molecule has 0 aliphatic heterocycles. The summed E-state index contributed by atoms with van der Waals surface area (Å²) >= 11 is 0. The van der Waals surface area contributed by atoms with E-state index in [1.54, 1.807) is 0 Å². The highest BCUT2D eigenvalue weighted by atomic mass is 31.2. The third-order valence-electron chi connectivity index (χ3n) is 9.70. The topological polar surface area (TPSA) is 80.3 Å². The summed E-state index contributed by atoms with van der Waals surface area (Å²) < 4.78 is 0. The highest BCUT2D eigenvalue weighted by molar-refractivity contribution is 7.97. The molecule has 2 aliphatic rings. The van der Waals surface area contributed by atoms with Crippen LogP contribution in [-0.4, -0.2) is 23.3 Å². The molecule has 0 heterocycles. The molecule has 6 aromatic rings. The van der Waals surface area contributed by atoms with Gasteiger partial charge in [-0.25, -0.2) is 0 Å². The monoisotopic (exact) mass is 722 g/mol. The second-order valence-corrected chi connectivity index (χ2v) is 20.6. The summed E-state index contributed by atoms with van der Waals surface area (Å²) in [6, 6.07) is 67.1. The van der Waals surface area contributed by atoms with Crippen molar-refractivity contribution in [1.82, 2.24) is 0 Å². The van der Waals surface area contributed by atoms with Crippen molar-refractivity contribution in [2.75, 3.05) is 0 Å². The highest BCUT2D eigenvalue weighted by Crippen LogP contribution is 2.68. The first kappa shape index (κ1) is 36.9. The molecular weight excluding hydrogens is 678 g/mol. The van der Waals surface area contributed by atoms with Gasteiger partial charge in [0.15, 0.2) is 0 Å². The van der Waals surface area contributed by atoms with Crippen molar-refractivity contribution >= 4 is 58.3 Å². The number of aliphatic carboxylic acids is 2. The lowest BCUT2D eigenvalue weighted by molar-refractivity contribution is -0.315. The standard InChI is InChI=1S/2C21H20P.C4H6O4/c2*1-4-10-18(11-5-1)22(21-16-17-21,19-12-6-2-7-13-19)20-14-8-3-9-15-20;5-3(6)1-2-4(7)8/h2*1-15,21H,16-17H2;1-2H2,(H,5,6)(H,7,8)/q2*+1;/p-2. The predicted molar refractivity (Wildman–Crippen MR) is 216 cm³/mol. The zero-order valence-corrected chi connectivity index (χ0v) is 31.0. The smallest absolute Gasteiger partial charge is 0.115 e. The van der Waals surface area contributed by atoms with E-state index in [0.29, 0.717) is 0 Å². The van der Waals surface area contributed by atoms with Crippen LogP contribution in [-0.2, 0) is 9.59 Å². The van der Waals surface area contributed by atoms with Gasteiger partial charge in [-0.2, -0.15) is 0 Å². The first-order valence-corrected chi connectivity index (χ1v) is 21.7. The van der Waals surface area contributed by atoms with E-state index in [2.05, 4.69) is 182 Å². The summed E-state index contributed by atoms with van der Waals surface area (Å²) in [6.07, 6.45) is 4.47. The maximum absolute atomic E-state index is 9.50. The minimum absolute atomic E-state index is 0.470. The fraction of sp³-hybridized carbons (Fsp3) is 0.174. The lowest BCUT2D eigenvalue weighted by atomic mass is 10.3. The van der Waals surface area contributed by atoms with Crippen molar-refractivity contribution in [3.05, 3.63) is 182 Å². The Balaban J connectivity index is 0.000000149. The Morgan fingerprint density at radius 2 is 0.538 bits per heavy atom. The lowest BCUT2D eigenvalue weighted by Crippen LogP contribution is -2.34. The number of hydrogen-bond acceptors (Lipinski definition) is 4. The number of hydrogen-bond donors (Lipinski definition) is 0. The normalized spacial score (nSPS) is 13.8. The van der Waals surface area contributed by atoms with Crippen LogP contribution in [0.1, 0.15) is 38.5 Å². The Bertz CT molecular complexity index is 1640.